The van der Waals surface area contributed by atoms with E-state index in [-0.39, 0.29) is 19.5 Å². The fourth-order valence-corrected chi connectivity index (χ4v) is 5.60. The average molecular weight is 810 g/mol. The van der Waals surface area contributed by atoms with Gasteiger partial charge in [-0.25, -0.2) is 0 Å². The molecule has 0 N–H and O–H groups in total. The molecule has 0 saturated carbocycles. The van der Waals surface area contributed by atoms with E-state index in [1.807, 2.05) is 97.1 Å². The van der Waals surface area contributed by atoms with Gasteiger partial charge >= 0.3 is 19.5 Å². The Bertz CT molecular complexity index is 1480. The van der Waals surface area contributed by atoms with E-state index in [2.05, 4.69) is 64.4 Å². The van der Waals surface area contributed by atoms with Crippen LogP contribution in [0.25, 0.3) is 0 Å². The molecule has 0 heterocycles. The van der Waals surface area contributed by atoms with Crippen molar-refractivity contribution in [1.82, 2.24) is 0 Å². The summed E-state index contributed by atoms with van der Waals surface area (Å²) in [6.45, 7) is 0. The van der Waals surface area contributed by atoms with Gasteiger partial charge < -0.3 is 17.2 Å². The standard InChI is InChI=1S/C15H13BrN2OS2.C15H13BrN2S2.Zn/c16-14-9-5-4-8-13(14)10-17-18-15(21-19)20-11-12-6-2-1-3-7-12;16-14-9-5-4-8-13(14)10-17-18-15(19)20-11-12-6-2-1-3-7-12;/h1-10,19H,11H2;1-10H,11H2,(H,18,19);/q;;+2/p-2/b17-10+,18-15-;17-10+;. The van der Waals surface area contributed by atoms with Crippen LogP contribution in [0.2, 0.25) is 0 Å². The smallest absolute Gasteiger partial charge is 0.794 e. The van der Waals surface area contributed by atoms with Crippen LogP contribution >= 0.6 is 67.4 Å². The zero-order valence-corrected chi connectivity index (χ0v) is 31.7. The van der Waals surface area contributed by atoms with Gasteiger partial charge in [0.05, 0.1) is 12.4 Å². The van der Waals surface area contributed by atoms with Gasteiger partial charge in [-0.2, -0.15) is 27.3 Å². The van der Waals surface area contributed by atoms with E-state index in [1.165, 1.54) is 29.1 Å². The molecule has 0 aliphatic carbocycles. The molecule has 0 radical (unpaired) electrons. The summed E-state index contributed by atoms with van der Waals surface area (Å²) in [6.07, 6.45) is 3.32. The fourth-order valence-electron chi connectivity index (χ4n) is 2.97. The average Bonchev–Trinajstić information content (AvgIpc) is 3.01. The summed E-state index contributed by atoms with van der Waals surface area (Å²) in [5, 5.41) is 16.0. The second-order valence-electron chi connectivity index (χ2n) is 7.90. The van der Waals surface area contributed by atoms with Crippen LogP contribution in [-0.2, 0) is 43.6 Å². The number of rotatable bonds is 8. The second kappa shape index (κ2) is 22.0. The molecule has 0 aliphatic heterocycles. The van der Waals surface area contributed by atoms with Gasteiger partial charge in [0.15, 0.2) is 0 Å². The summed E-state index contributed by atoms with van der Waals surface area (Å²) < 4.78 is 13.9. The maximum atomic E-state index is 11.0. The minimum atomic E-state index is 0. The van der Waals surface area contributed by atoms with Gasteiger partial charge in [-0.3, -0.25) is 0 Å². The zero-order chi connectivity index (χ0) is 29.1. The third kappa shape index (κ3) is 14.7. The first kappa shape index (κ1) is 36.6. The molecule has 42 heavy (non-hydrogen) atoms. The Hall–Kier alpha value is -1.63. The summed E-state index contributed by atoms with van der Waals surface area (Å²) in [5.74, 6) is 1.52. The molecule has 0 amide bonds. The van der Waals surface area contributed by atoms with Crippen molar-refractivity contribution in [3.63, 3.8) is 0 Å². The summed E-state index contributed by atoms with van der Waals surface area (Å²) in [4.78, 5) is 0. The molecule has 12 heteroatoms. The van der Waals surface area contributed by atoms with Crippen LogP contribution in [0.1, 0.15) is 22.3 Å². The maximum Gasteiger partial charge on any atom is 2.00 e. The van der Waals surface area contributed by atoms with Crippen LogP contribution in [0.3, 0.4) is 0 Å². The largest absolute Gasteiger partial charge is 2.00 e. The van der Waals surface area contributed by atoms with Crippen molar-refractivity contribution in [2.45, 2.75) is 11.5 Å². The minimum Gasteiger partial charge on any atom is -0.794 e. The quantitative estimate of drug-likeness (QED) is 0.0443. The summed E-state index contributed by atoms with van der Waals surface area (Å²) in [5.41, 5.74) is 4.28. The molecule has 0 aromatic heterocycles. The predicted molar refractivity (Wildman–Crippen MR) is 190 cm³/mol. The molecular formula is C30H24Br2N4OS4Zn. The molecule has 0 atom stereocenters. The van der Waals surface area contributed by atoms with Crippen molar-refractivity contribution in [1.29, 1.82) is 0 Å². The van der Waals surface area contributed by atoms with Crippen LogP contribution < -0.4 is 0 Å². The molecule has 4 aromatic rings. The number of halogens is 2. The first-order valence-electron chi connectivity index (χ1n) is 12.1. The Morgan fingerprint density at radius 3 is 1.55 bits per heavy atom. The van der Waals surface area contributed by atoms with Crippen LogP contribution in [-0.4, -0.2) is 25.7 Å². The topological polar surface area (TPSA) is 72.5 Å². The normalized spacial score (nSPS) is 11.7. The third-order valence-electron chi connectivity index (χ3n) is 4.96. The van der Waals surface area contributed by atoms with E-state index in [1.54, 1.807) is 12.4 Å². The summed E-state index contributed by atoms with van der Waals surface area (Å²) >= 11 is 15.3. The van der Waals surface area contributed by atoms with E-state index < -0.39 is 0 Å². The van der Waals surface area contributed by atoms with Gasteiger partial charge in [0.25, 0.3) is 0 Å². The first-order valence-corrected chi connectivity index (χ1v) is 16.8. The SMILES string of the molecule is [O-]S/C(=N\N=C\c1ccccc1Br)SCc1ccccc1.[S-]/C(=N\N=C\c1ccccc1Br)SCc1ccccc1.[Zn+2]. The van der Waals surface area contributed by atoms with E-state index >= 15 is 0 Å². The van der Waals surface area contributed by atoms with Gasteiger partial charge in [0, 0.05) is 31.6 Å². The van der Waals surface area contributed by atoms with E-state index in [0.29, 0.717) is 26.5 Å². The first-order chi connectivity index (χ1) is 20.0. The van der Waals surface area contributed by atoms with Gasteiger partial charge in [0.2, 0.25) is 0 Å². The maximum absolute atomic E-state index is 11.0. The number of hydrogen-bond acceptors (Lipinski definition) is 9. The molecule has 0 spiro atoms. The summed E-state index contributed by atoms with van der Waals surface area (Å²) in [6, 6.07) is 35.7. The molecule has 210 valence electrons. The van der Waals surface area contributed by atoms with Crippen LogP contribution in [0, 0.1) is 0 Å². The van der Waals surface area contributed by atoms with E-state index in [4.69, 9.17) is 12.6 Å². The van der Waals surface area contributed by atoms with Crippen LogP contribution in [0.4, 0.5) is 0 Å². The molecular weight excluding hydrogens is 786 g/mol. The van der Waals surface area contributed by atoms with Crippen molar-refractivity contribution in [3.05, 3.63) is 140 Å². The second-order valence-corrected chi connectivity index (χ2v) is 13.0. The van der Waals surface area contributed by atoms with Crippen molar-refractivity contribution < 1.29 is 24.0 Å². The van der Waals surface area contributed by atoms with Gasteiger partial charge in [0.1, 0.15) is 4.38 Å². The third-order valence-corrected chi connectivity index (χ3v) is 9.24. The van der Waals surface area contributed by atoms with Crippen LogP contribution in [0.5, 0.6) is 0 Å². The molecule has 0 unspecified atom stereocenters. The number of benzene rings is 4. The van der Waals surface area contributed by atoms with Crippen molar-refractivity contribution in [2.24, 2.45) is 20.4 Å². The Morgan fingerprint density at radius 1 is 0.643 bits per heavy atom. The van der Waals surface area contributed by atoms with Crippen molar-refractivity contribution in [2.75, 3.05) is 0 Å². The fraction of sp³-hybridized carbons (Fsp3) is 0.0667. The molecule has 0 fully saturated rings. The Labute approximate surface area is 294 Å². The Kier molecular flexibility index (Phi) is 19.1. The number of thioether (sulfide) groups is 2. The van der Waals surface area contributed by atoms with Gasteiger partial charge in [-0.05, 0) is 27.6 Å². The van der Waals surface area contributed by atoms with Gasteiger partial charge in [-0.1, -0.05) is 141 Å². The monoisotopic (exact) mass is 806 g/mol. The molecule has 0 aliphatic rings. The van der Waals surface area contributed by atoms with Crippen molar-refractivity contribution >= 4 is 101 Å². The van der Waals surface area contributed by atoms with Crippen molar-refractivity contribution in [3.8, 4) is 0 Å². The minimum absolute atomic E-state index is 0. The van der Waals surface area contributed by atoms with E-state index in [0.717, 1.165) is 31.4 Å². The van der Waals surface area contributed by atoms with E-state index in [9.17, 15) is 4.55 Å². The molecule has 4 aromatic carbocycles. The summed E-state index contributed by atoms with van der Waals surface area (Å²) in [7, 11) is 0. The molecule has 0 bridgehead atoms. The van der Waals surface area contributed by atoms with Crippen LogP contribution in [0.15, 0.2) is 139 Å². The Morgan fingerprint density at radius 2 is 1.07 bits per heavy atom. The Balaban J connectivity index is 0.000000287. The zero-order valence-electron chi connectivity index (χ0n) is 22.3. The number of hydrogen-bond donors (Lipinski definition) is 0. The number of nitrogens with zero attached hydrogens (tertiary/aromatic N) is 4. The predicted octanol–water partition coefficient (Wildman–Crippen LogP) is 9.55. The van der Waals surface area contributed by atoms with Gasteiger partial charge in [-0.15, -0.1) is 16.9 Å². The molecule has 0 saturated heterocycles. The molecule has 5 nitrogen and oxygen atoms in total. The molecule has 4 rings (SSSR count).